The van der Waals surface area contributed by atoms with Gasteiger partial charge in [0.05, 0.1) is 26.7 Å². The summed E-state index contributed by atoms with van der Waals surface area (Å²) in [5.41, 5.74) is 0.196. The van der Waals surface area contributed by atoms with Crippen LogP contribution in [0.1, 0.15) is 48.8 Å². The van der Waals surface area contributed by atoms with E-state index in [9.17, 15) is 9.90 Å². The lowest BCUT2D eigenvalue weighted by Crippen LogP contribution is -2.54. The number of unbranched alkanes of at least 4 members (excludes halogenated alkanes) is 1. The van der Waals surface area contributed by atoms with Gasteiger partial charge in [-0.05, 0) is 55.2 Å². The van der Waals surface area contributed by atoms with Crippen LogP contribution in [0.25, 0.3) is 0 Å². The summed E-state index contributed by atoms with van der Waals surface area (Å²) in [5, 5.41) is 14.3. The molecule has 4 atom stereocenters. The molecule has 0 amide bonds. The highest BCUT2D eigenvalue weighted by atomic mass is 16.6. The first-order chi connectivity index (χ1) is 17.9. The van der Waals surface area contributed by atoms with Crippen molar-refractivity contribution in [3.63, 3.8) is 0 Å². The van der Waals surface area contributed by atoms with E-state index in [1.807, 2.05) is 36.4 Å². The van der Waals surface area contributed by atoms with Crippen LogP contribution in [-0.2, 0) is 21.6 Å². The molecule has 194 valence electrons. The molecule has 5 rings (SSSR count). The summed E-state index contributed by atoms with van der Waals surface area (Å²) in [6.45, 7) is 1.12. The number of carbonyl (C=O) groups excluding carboxylic acids is 1. The summed E-state index contributed by atoms with van der Waals surface area (Å²) in [5.74, 6) is 0.185. The van der Waals surface area contributed by atoms with Crippen molar-refractivity contribution < 1.29 is 19.1 Å². The molecule has 3 aromatic rings. The number of fused-ring (bicyclic) bond motifs is 2. The molecule has 3 aromatic carbocycles. The van der Waals surface area contributed by atoms with Gasteiger partial charge in [0.15, 0.2) is 0 Å². The molecule has 2 saturated carbocycles. The molecule has 2 aliphatic carbocycles. The third kappa shape index (κ3) is 5.23. The predicted molar refractivity (Wildman–Crippen MR) is 145 cm³/mol. The normalized spacial score (nSPS) is 23.2. The van der Waals surface area contributed by atoms with Crippen molar-refractivity contribution in [3.05, 3.63) is 108 Å². The average Bonchev–Trinajstić information content (AvgIpc) is 3.51. The Kier molecular flexibility index (Phi) is 7.50. The SMILES string of the molecule is C[N+](C)(CCCCc1ccccc1)C1C2CC[C@H]1[C@H](OC(=O)C([O-])(c1ccccc1)c1ccccc1)C2. The quantitative estimate of drug-likeness (QED) is 0.222. The molecule has 2 unspecified atom stereocenters. The van der Waals surface area contributed by atoms with Crippen LogP contribution in [0.2, 0.25) is 0 Å². The zero-order valence-electron chi connectivity index (χ0n) is 22.1. The van der Waals surface area contributed by atoms with Crippen LogP contribution < -0.4 is 5.11 Å². The number of esters is 1. The second-order valence-electron chi connectivity index (χ2n) is 11.5. The van der Waals surface area contributed by atoms with Crippen LogP contribution in [0.4, 0.5) is 0 Å². The number of quaternary nitrogens is 1. The Morgan fingerprint density at radius 1 is 0.865 bits per heavy atom. The summed E-state index contributed by atoms with van der Waals surface area (Å²) in [6.07, 6.45) is 6.41. The topological polar surface area (TPSA) is 49.4 Å². The molecule has 37 heavy (non-hydrogen) atoms. The lowest BCUT2D eigenvalue weighted by atomic mass is 9.86. The van der Waals surface area contributed by atoms with Crippen molar-refractivity contribution in [3.8, 4) is 0 Å². The van der Waals surface area contributed by atoms with Crippen molar-refractivity contribution in [1.82, 2.24) is 0 Å². The first-order valence-electron chi connectivity index (χ1n) is 13.8. The number of nitrogens with zero attached hydrogens (tertiary/aromatic N) is 1. The van der Waals surface area contributed by atoms with Crippen molar-refractivity contribution in [1.29, 1.82) is 0 Å². The van der Waals surface area contributed by atoms with Gasteiger partial charge in [-0.2, -0.15) is 0 Å². The first-order valence-corrected chi connectivity index (χ1v) is 13.8. The molecule has 0 aromatic heterocycles. The van der Waals surface area contributed by atoms with Crippen LogP contribution in [-0.4, -0.2) is 43.2 Å². The highest BCUT2D eigenvalue weighted by Crippen LogP contribution is 2.50. The first kappa shape index (κ1) is 25.7. The van der Waals surface area contributed by atoms with Crippen molar-refractivity contribution in [2.24, 2.45) is 11.8 Å². The zero-order valence-corrected chi connectivity index (χ0v) is 22.1. The third-order valence-electron chi connectivity index (χ3n) is 8.81. The van der Waals surface area contributed by atoms with Crippen LogP contribution in [0.3, 0.4) is 0 Å². The van der Waals surface area contributed by atoms with Gasteiger partial charge in [0.1, 0.15) is 6.10 Å². The fourth-order valence-electron chi connectivity index (χ4n) is 7.07. The summed E-state index contributed by atoms with van der Waals surface area (Å²) in [6, 6.07) is 29.1. The molecule has 4 nitrogen and oxygen atoms in total. The van der Waals surface area contributed by atoms with Gasteiger partial charge >= 0.3 is 5.97 Å². The highest BCUT2D eigenvalue weighted by molar-refractivity contribution is 5.85. The smallest absolute Gasteiger partial charge is 0.304 e. The molecule has 0 aliphatic heterocycles. The van der Waals surface area contributed by atoms with E-state index in [-0.39, 0.29) is 6.10 Å². The molecular formula is C33H39NO3. The summed E-state index contributed by atoms with van der Waals surface area (Å²) < 4.78 is 7.12. The summed E-state index contributed by atoms with van der Waals surface area (Å²) >= 11 is 0. The maximum atomic E-state index is 14.3. The van der Waals surface area contributed by atoms with E-state index in [2.05, 4.69) is 44.4 Å². The molecule has 2 bridgehead atoms. The van der Waals surface area contributed by atoms with Gasteiger partial charge in [-0.3, -0.25) is 4.79 Å². The maximum absolute atomic E-state index is 14.3. The van der Waals surface area contributed by atoms with Crippen LogP contribution in [0.5, 0.6) is 0 Å². The standard InChI is InChI=1S/C33H39NO3/c1-34(2,23-13-12-16-25-14-6-3-7-15-25)31-26-21-22-29(31)30(24-26)37-32(35)33(36,27-17-8-4-9-18-27)28-19-10-5-11-20-28/h3-11,14-15,17-20,26,29-31H,12-13,16,21-24H2,1-2H3/t26?,29-,30+,31?/m0/s1. The number of ether oxygens (including phenoxy) is 1. The number of benzene rings is 3. The Morgan fingerprint density at radius 3 is 2.03 bits per heavy atom. The molecule has 0 N–H and O–H groups in total. The molecule has 2 aliphatic rings. The molecule has 2 fully saturated rings. The third-order valence-corrected chi connectivity index (χ3v) is 8.81. The Labute approximate surface area is 221 Å². The number of hydrogen-bond acceptors (Lipinski definition) is 3. The monoisotopic (exact) mass is 497 g/mol. The minimum atomic E-state index is -2.07. The van der Waals surface area contributed by atoms with Gasteiger partial charge < -0.3 is 14.3 Å². The Balaban J connectivity index is 1.26. The fraction of sp³-hybridized carbons (Fsp3) is 0.424. The molecule has 4 heteroatoms. The number of aryl methyl sites for hydroxylation is 1. The second kappa shape index (κ2) is 10.8. The second-order valence-corrected chi connectivity index (χ2v) is 11.5. The van der Waals surface area contributed by atoms with E-state index in [1.54, 1.807) is 24.3 Å². The van der Waals surface area contributed by atoms with Crippen LogP contribution in [0, 0.1) is 11.8 Å². The Hall–Kier alpha value is -2.95. The van der Waals surface area contributed by atoms with E-state index in [1.165, 1.54) is 24.8 Å². The van der Waals surface area contributed by atoms with E-state index >= 15 is 0 Å². The van der Waals surface area contributed by atoms with Gasteiger partial charge in [0.25, 0.3) is 0 Å². The van der Waals surface area contributed by atoms with Gasteiger partial charge in [0.2, 0.25) is 0 Å². The minimum absolute atomic E-state index is 0.182. The molecule has 0 spiro atoms. The molecule has 0 radical (unpaired) electrons. The summed E-state index contributed by atoms with van der Waals surface area (Å²) in [4.78, 5) is 13.7. The largest absolute Gasteiger partial charge is 0.834 e. The highest BCUT2D eigenvalue weighted by Gasteiger charge is 2.57. The van der Waals surface area contributed by atoms with Crippen molar-refractivity contribution >= 4 is 5.97 Å². The molecule has 0 heterocycles. The number of carbonyl (C=O) groups is 1. The number of hydrogen-bond donors (Lipinski definition) is 0. The van der Waals surface area contributed by atoms with Gasteiger partial charge in [-0.1, -0.05) is 91.0 Å². The fourth-order valence-corrected chi connectivity index (χ4v) is 7.07. The number of rotatable bonds is 10. The molecule has 0 saturated heterocycles. The Morgan fingerprint density at radius 2 is 1.43 bits per heavy atom. The van der Waals surface area contributed by atoms with E-state index in [0.29, 0.717) is 29.0 Å². The average molecular weight is 498 g/mol. The summed E-state index contributed by atoms with van der Waals surface area (Å²) in [7, 11) is 4.68. The lowest BCUT2D eigenvalue weighted by Gasteiger charge is -2.41. The van der Waals surface area contributed by atoms with Crippen LogP contribution in [0.15, 0.2) is 91.0 Å². The zero-order chi connectivity index (χ0) is 25.9. The van der Waals surface area contributed by atoms with Crippen LogP contribution >= 0.6 is 0 Å². The van der Waals surface area contributed by atoms with Gasteiger partial charge in [-0.25, -0.2) is 0 Å². The predicted octanol–water partition coefficient (Wildman–Crippen LogP) is 5.10. The van der Waals surface area contributed by atoms with Crippen molar-refractivity contribution in [2.75, 3.05) is 20.6 Å². The van der Waals surface area contributed by atoms with Gasteiger partial charge in [-0.15, -0.1) is 0 Å². The van der Waals surface area contributed by atoms with E-state index in [0.717, 1.165) is 30.3 Å². The molecular weight excluding hydrogens is 458 g/mol. The lowest BCUT2D eigenvalue weighted by molar-refractivity contribution is -0.919. The van der Waals surface area contributed by atoms with E-state index in [4.69, 9.17) is 4.74 Å². The maximum Gasteiger partial charge on any atom is 0.304 e. The van der Waals surface area contributed by atoms with Crippen molar-refractivity contribution in [2.45, 2.75) is 56.3 Å². The van der Waals surface area contributed by atoms with E-state index < -0.39 is 11.6 Å². The van der Waals surface area contributed by atoms with Gasteiger partial charge in [0, 0.05) is 17.4 Å². The Bertz CT molecular complexity index is 1120. The minimum Gasteiger partial charge on any atom is -0.834 e.